The Kier molecular flexibility index (Phi) is 5.43. The van der Waals surface area contributed by atoms with E-state index in [1.807, 2.05) is 34.9 Å². The second kappa shape index (κ2) is 7.31. The second-order valence-electron chi connectivity index (χ2n) is 4.70. The molecule has 0 saturated carbocycles. The highest BCUT2D eigenvalue weighted by Crippen LogP contribution is 2.19. The number of hydrogen-bond donors (Lipinski definition) is 1. The molecule has 0 saturated heterocycles. The van der Waals surface area contributed by atoms with Crippen LogP contribution in [0.1, 0.15) is 19.9 Å². The summed E-state index contributed by atoms with van der Waals surface area (Å²) in [5.41, 5.74) is 0. The minimum Gasteiger partial charge on any atom is -0.491 e. The van der Waals surface area contributed by atoms with E-state index in [1.165, 1.54) is 11.8 Å². The third-order valence-electron chi connectivity index (χ3n) is 2.69. The molecule has 0 radical (unpaired) electrons. The van der Waals surface area contributed by atoms with Crippen LogP contribution in [0, 0.1) is 0 Å². The maximum Gasteiger partial charge on any atom is 0.191 e. The van der Waals surface area contributed by atoms with E-state index in [1.54, 1.807) is 6.33 Å². The van der Waals surface area contributed by atoms with Crippen molar-refractivity contribution in [2.45, 2.75) is 31.1 Å². The van der Waals surface area contributed by atoms with E-state index < -0.39 is 6.10 Å². The second-order valence-corrected chi connectivity index (χ2v) is 5.69. The zero-order chi connectivity index (χ0) is 14.4. The van der Waals surface area contributed by atoms with Crippen molar-refractivity contribution in [3.8, 4) is 5.75 Å². The number of para-hydroxylation sites is 1. The molecule has 108 valence electrons. The van der Waals surface area contributed by atoms with Crippen molar-refractivity contribution >= 4 is 11.8 Å². The van der Waals surface area contributed by atoms with Crippen LogP contribution in [-0.4, -0.2) is 38.3 Å². The Balaban J connectivity index is 1.77. The monoisotopic (exact) mass is 293 g/mol. The predicted octanol–water partition coefficient (Wildman–Crippen LogP) is 2.39. The van der Waals surface area contributed by atoms with Crippen molar-refractivity contribution in [2.75, 3.05) is 12.4 Å². The van der Waals surface area contributed by atoms with Crippen molar-refractivity contribution < 1.29 is 9.84 Å². The van der Waals surface area contributed by atoms with Crippen LogP contribution in [0.5, 0.6) is 5.75 Å². The molecule has 0 amide bonds. The third kappa shape index (κ3) is 4.25. The van der Waals surface area contributed by atoms with Gasteiger partial charge in [0.2, 0.25) is 0 Å². The first kappa shape index (κ1) is 14.9. The molecule has 1 aromatic heterocycles. The quantitative estimate of drug-likeness (QED) is 0.794. The minimum absolute atomic E-state index is 0.271. The molecule has 2 aromatic rings. The Morgan fingerprint density at radius 3 is 2.75 bits per heavy atom. The molecule has 20 heavy (non-hydrogen) atoms. The number of benzene rings is 1. The van der Waals surface area contributed by atoms with E-state index in [-0.39, 0.29) is 6.61 Å². The van der Waals surface area contributed by atoms with Gasteiger partial charge in [-0.1, -0.05) is 30.0 Å². The van der Waals surface area contributed by atoms with E-state index >= 15 is 0 Å². The van der Waals surface area contributed by atoms with Crippen molar-refractivity contribution in [3.05, 3.63) is 36.7 Å². The van der Waals surface area contributed by atoms with Crippen molar-refractivity contribution in [1.29, 1.82) is 0 Å². The van der Waals surface area contributed by atoms with Gasteiger partial charge in [0.25, 0.3) is 0 Å². The normalized spacial score (nSPS) is 12.6. The molecule has 1 N–H and O–H groups in total. The molecule has 0 aliphatic rings. The van der Waals surface area contributed by atoms with E-state index in [0.717, 1.165) is 10.9 Å². The van der Waals surface area contributed by atoms with E-state index in [0.29, 0.717) is 11.8 Å². The summed E-state index contributed by atoms with van der Waals surface area (Å²) in [6, 6.07) is 9.79. The Morgan fingerprint density at radius 2 is 2.05 bits per heavy atom. The van der Waals surface area contributed by atoms with E-state index in [9.17, 15) is 5.11 Å². The minimum atomic E-state index is -0.544. The van der Waals surface area contributed by atoms with Crippen LogP contribution in [0.3, 0.4) is 0 Å². The molecule has 0 spiro atoms. The molecule has 0 bridgehead atoms. The fourth-order valence-corrected chi connectivity index (χ4v) is 2.57. The lowest BCUT2D eigenvalue weighted by atomic mass is 10.3. The first-order chi connectivity index (χ1) is 9.66. The molecule has 0 aliphatic carbocycles. The molecule has 2 rings (SSSR count). The predicted molar refractivity (Wildman–Crippen MR) is 79.1 cm³/mol. The number of nitrogens with zero attached hydrogens (tertiary/aromatic N) is 3. The lowest BCUT2D eigenvalue weighted by Gasteiger charge is -2.13. The Morgan fingerprint density at radius 1 is 1.30 bits per heavy atom. The molecule has 1 unspecified atom stereocenters. The summed E-state index contributed by atoms with van der Waals surface area (Å²) in [6.07, 6.45) is 1.16. The first-order valence-corrected chi connectivity index (χ1v) is 7.53. The average molecular weight is 293 g/mol. The van der Waals surface area contributed by atoms with Gasteiger partial charge < -0.3 is 14.4 Å². The topological polar surface area (TPSA) is 60.2 Å². The number of hydrogen-bond acceptors (Lipinski definition) is 5. The Labute approximate surface area is 123 Å². The molecule has 0 fully saturated rings. The Bertz CT molecular complexity index is 516. The van der Waals surface area contributed by atoms with Gasteiger partial charge in [0.1, 0.15) is 18.7 Å². The zero-order valence-corrected chi connectivity index (χ0v) is 12.5. The van der Waals surface area contributed by atoms with Crippen molar-refractivity contribution in [2.24, 2.45) is 0 Å². The van der Waals surface area contributed by atoms with Crippen LogP contribution < -0.4 is 4.74 Å². The average Bonchev–Trinajstić information content (AvgIpc) is 2.92. The maximum absolute atomic E-state index is 9.94. The lowest BCUT2D eigenvalue weighted by Crippen LogP contribution is -2.20. The van der Waals surface area contributed by atoms with Crippen molar-refractivity contribution in [1.82, 2.24) is 14.8 Å². The summed E-state index contributed by atoms with van der Waals surface area (Å²) in [4.78, 5) is 0. The number of aliphatic hydroxyl groups is 1. The summed E-state index contributed by atoms with van der Waals surface area (Å²) in [6.45, 7) is 4.41. The number of aliphatic hydroxyl groups excluding tert-OH is 1. The Hall–Kier alpha value is -1.53. The lowest BCUT2D eigenvalue weighted by molar-refractivity contribution is 0.126. The molecular formula is C14H19N3O2S. The fourth-order valence-electron chi connectivity index (χ4n) is 1.62. The van der Waals surface area contributed by atoms with Crippen molar-refractivity contribution in [3.63, 3.8) is 0 Å². The third-order valence-corrected chi connectivity index (χ3v) is 3.79. The molecule has 6 heteroatoms. The smallest absolute Gasteiger partial charge is 0.191 e. The van der Waals surface area contributed by atoms with Gasteiger partial charge in [0.05, 0.1) is 6.10 Å². The van der Waals surface area contributed by atoms with Crippen LogP contribution in [0.4, 0.5) is 0 Å². The van der Waals surface area contributed by atoms with Gasteiger partial charge in [-0.3, -0.25) is 0 Å². The van der Waals surface area contributed by atoms with E-state index in [2.05, 4.69) is 24.0 Å². The SMILES string of the molecule is CC(C)n1cnnc1SCC(O)COc1ccccc1. The number of rotatable bonds is 7. The van der Waals surface area contributed by atoms with Crippen LogP contribution in [-0.2, 0) is 0 Å². The van der Waals surface area contributed by atoms with Crippen LogP contribution >= 0.6 is 11.8 Å². The van der Waals surface area contributed by atoms with Gasteiger partial charge in [-0.05, 0) is 26.0 Å². The summed E-state index contributed by atoms with van der Waals surface area (Å²) in [5, 5.41) is 18.7. The molecule has 1 aromatic carbocycles. The van der Waals surface area contributed by atoms with Crippen LogP contribution in [0.2, 0.25) is 0 Å². The fraction of sp³-hybridized carbons (Fsp3) is 0.429. The molecular weight excluding hydrogens is 274 g/mol. The van der Waals surface area contributed by atoms with Crippen LogP contribution in [0.15, 0.2) is 41.8 Å². The van der Waals surface area contributed by atoms with Gasteiger partial charge in [0.15, 0.2) is 5.16 Å². The summed E-state index contributed by atoms with van der Waals surface area (Å²) < 4.78 is 7.49. The molecule has 1 atom stereocenters. The maximum atomic E-state index is 9.94. The summed E-state index contributed by atoms with van der Waals surface area (Å²) in [7, 11) is 0. The van der Waals surface area contributed by atoms with E-state index in [4.69, 9.17) is 4.74 Å². The number of aromatic nitrogens is 3. The first-order valence-electron chi connectivity index (χ1n) is 6.55. The highest BCUT2D eigenvalue weighted by molar-refractivity contribution is 7.99. The molecule has 1 heterocycles. The summed E-state index contributed by atoms with van der Waals surface area (Å²) >= 11 is 1.48. The number of thioether (sulfide) groups is 1. The van der Waals surface area contributed by atoms with Gasteiger partial charge in [-0.2, -0.15) is 0 Å². The number of ether oxygens (including phenoxy) is 1. The van der Waals surface area contributed by atoms with Gasteiger partial charge in [0, 0.05) is 11.8 Å². The van der Waals surface area contributed by atoms with Gasteiger partial charge in [-0.15, -0.1) is 10.2 Å². The molecule has 0 aliphatic heterocycles. The van der Waals surface area contributed by atoms with Crippen LogP contribution in [0.25, 0.3) is 0 Å². The highest BCUT2D eigenvalue weighted by Gasteiger charge is 2.11. The summed E-state index contributed by atoms with van der Waals surface area (Å²) in [5.74, 6) is 1.29. The standard InChI is InChI=1S/C14H19N3O2S/c1-11(2)17-10-15-16-14(17)20-9-12(18)8-19-13-6-4-3-5-7-13/h3-7,10-12,18H,8-9H2,1-2H3. The van der Waals surface area contributed by atoms with Gasteiger partial charge in [-0.25, -0.2) is 0 Å². The highest BCUT2D eigenvalue weighted by atomic mass is 32.2. The van der Waals surface area contributed by atoms with Gasteiger partial charge >= 0.3 is 0 Å². The zero-order valence-electron chi connectivity index (χ0n) is 11.6. The largest absolute Gasteiger partial charge is 0.491 e. The molecule has 5 nitrogen and oxygen atoms in total.